The van der Waals surface area contributed by atoms with Crippen molar-refractivity contribution in [2.24, 2.45) is 0 Å². The highest BCUT2D eigenvalue weighted by Crippen LogP contribution is 2.18. The first kappa shape index (κ1) is 19.8. The van der Waals surface area contributed by atoms with Gasteiger partial charge in [0.15, 0.2) is 11.9 Å². The summed E-state index contributed by atoms with van der Waals surface area (Å²) in [5, 5.41) is 11.6. The summed E-state index contributed by atoms with van der Waals surface area (Å²) in [5.74, 6) is -0.586. The van der Waals surface area contributed by atoms with Gasteiger partial charge in [-0.2, -0.15) is 5.26 Å². The van der Waals surface area contributed by atoms with E-state index in [1.807, 2.05) is 6.07 Å². The summed E-state index contributed by atoms with van der Waals surface area (Å²) in [7, 11) is 0. The Labute approximate surface area is 167 Å². The minimum atomic E-state index is -0.792. The molecule has 0 aliphatic rings. The molecule has 0 aliphatic heterocycles. The Morgan fingerprint density at radius 2 is 1.62 bits per heavy atom. The fourth-order valence-electron chi connectivity index (χ4n) is 2.62. The number of halogens is 1. The third-order valence-electron chi connectivity index (χ3n) is 4.16. The summed E-state index contributed by atoms with van der Waals surface area (Å²) in [6, 6.07) is 20.3. The summed E-state index contributed by atoms with van der Waals surface area (Å²) < 4.78 is 18.6. The average molecular weight is 388 g/mol. The van der Waals surface area contributed by atoms with E-state index in [9.17, 15) is 14.0 Å². The van der Waals surface area contributed by atoms with Gasteiger partial charge in [-0.3, -0.25) is 9.59 Å². The lowest BCUT2D eigenvalue weighted by molar-refractivity contribution is -0.122. The van der Waals surface area contributed by atoms with Gasteiger partial charge in [-0.15, -0.1) is 0 Å². The van der Waals surface area contributed by atoms with Gasteiger partial charge in [-0.05, 0) is 73.7 Å². The van der Waals surface area contributed by atoms with E-state index in [4.69, 9.17) is 10.00 Å². The maximum absolute atomic E-state index is 13.0. The first-order valence-corrected chi connectivity index (χ1v) is 8.84. The molecular formula is C23H17FN2O3. The molecule has 0 unspecified atom stereocenters. The Morgan fingerprint density at radius 3 is 2.24 bits per heavy atom. The lowest BCUT2D eigenvalue weighted by Gasteiger charge is -2.15. The maximum Gasteiger partial charge on any atom is 0.265 e. The van der Waals surface area contributed by atoms with Gasteiger partial charge < -0.3 is 10.1 Å². The largest absolute Gasteiger partial charge is 0.481 e. The van der Waals surface area contributed by atoms with E-state index in [1.165, 1.54) is 24.3 Å². The Bertz CT molecular complexity index is 1070. The molecule has 6 heteroatoms. The minimum Gasteiger partial charge on any atom is -0.481 e. The Balaban J connectivity index is 1.62. The van der Waals surface area contributed by atoms with E-state index >= 15 is 0 Å². The van der Waals surface area contributed by atoms with E-state index in [-0.39, 0.29) is 11.7 Å². The molecule has 144 valence electrons. The van der Waals surface area contributed by atoms with Crippen LogP contribution in [0.15, 0.2) is 72.8 Å². The first-order valence-electron chi connectivity index (χ1n) is 8.84. The van der Waals surface area contributed by atoms with Crippen LogP contribution in [0.1, 0.15) is 28.4 Å². The topological polar surface area (TPSA) is 79.2 Å². The van der Waals surface area contributed by atoms with Crippen molar-refractivity contribution in [2.75, 3.05) is 5.32 Å². The fourth-order valence-corrected chi connectivity index (χ4v) is 2.62. The number of hydrogen-bond donors (Lipinski definition) is 1. The lowest BCUT2D eigenvalue weighted by atomic mass is 10.0. The van der Waals surface area contributed by atoms with Crippen molar-refractivity contribution < 1.29 is 18.7 Å². The molecule has 0 bridgehead atoms. The number of benzene rings is 3. The number of ketones is 1. The smallest absolute Gasteiger partial charge is 0.265 e. The number of carbonyl (C=O) groups is 2. The molecule has 29 heavy (non-hydrogen) atoms. The second-order valence-electron chi connectivity index (χ2n) is 6.30. The molecule has 0 saturated carbocycles. The predicted molar refractivity (Wildman–Crippen MR) is 106 cm³/mol. The van der Waals surface area contributed by atoms with E-state index in [1.54, 1.807) is 55.5 Å². The monoisotopic (exact) mass is 388 g/mol. The Hall–Kier alpha value is -3.98. The molecule has 3 aromatic rings. The van der Waals surface area contributed by atoms with Gasteiger partial charge in [0.1, 0.15) is 11.6 Å². The van der Waals surface area contributed by atoms with Gasteiger partial charge >= 0.3 is 0 Å². The van der Waals surface area contributed by atoms with Gasteiger partial charge in [0.2, 0.25) is 0 Å². The van der Waals surface area contributed by atoms with Crippen LogP contribution in [0.3, 0.4) is 0 Å². The highest BCUT2D eigenvalue weighted by atomic mass is 19.1. The van der Waals surface area contributed by atoms with Crippen LogP contribution in [0.2, 0.25) is 0 Å². The highest BCUT2D eigenvalue weighted by Gasteiger charge is 2.16. The lowest BCUT2D eigenvalue weighted by Crippen LogP contribution is -2.30. The Morgan fingerprint density at radius 1 is 1.00 bits per heavy atom. The zero-order valence-electron chi connectivity index (χ0n) is 15.6. The number of carbonyl (C=O) groups excluding carboxylic acids is 2. The van der Waals surface area contributed by atoms with Crippen molar-refractivity contribution in [1.82, 2.24) is 0 Å². The number of anilines is 1. The van der Waals surface area contributed by atoms with Crippen LogP contribution in [0.5, 0.6) is 5.75 Å². The highest BCUT2D eigenvalue weighted by molar-refractivity contribution is 6.09. The number of hydrogen-bond acceptors (Lipinski definition) is 4. The maximum atomic E-state index is 13.0. The third kappa shape index (κ3) is 5.05. The molecular weight excluding hydrogens is 371 g/mol. The molecule has 1 amide bonds. The molecule has 0 radical (unpaired) electrons. The van der Waals surface area contributed by atoms with Gasteiger partial charge in [0, 0.05) is 16.8 Å². The van der Waals surface area contributed by atoms with E-state index in [0.29, 0.717) is 28.1 Å². The molecule has 0 aromatic heterocycles. The van der Waals surface area contributed by atoms with Crippen LogP contribution in [0.25, 0.3) is 0 Å². The number of rotatable bonds is 6. The zero-order chi connectivity index (χ0) is 20.8. The number of amides is 1. The SMILES string of the molecule is C[C@H](Oc1ccc(C(=O)c2ccc(F)cc2)cc1)C(=O)Nc1cccc(C#N)c1. The molecule has 1 N–H and O–H groups in total. The standard InChI is InChI=1S/C23H17FN2O3/c1-15(23(28)26-20-4-2-3-16(13-20)14-25)29-21-11-7-18(8-12-21)22(27)17-5-9-19(24)10-6-17/h2-13,15H,1H3,(H,26,28)/t15-/m0/s1. The van der Waals surface area contributed by atoms with Crippen LogP contribution in [0.4, 0.5) is 10.1 Å². The van der Waals surface area contributed by atoms with Gasteiger partial charge in [0.25, 0.3) is 5.91 Å². The van der Waals surface area contributed by atoms with E-state index in [0.717, 1.165) is 0 Å². The quantitative estimate of drug-likeness (QED) is 0.638. The summed E-state index contributed by atoms with van der Waals surface area (Å²) in [5.41, 5.74) is 1.75. The predicted octanol–water partition coefficient (Wildman–Crippen LogP) is 4.33. The molecule has 0 fully saturated rings. The van der Waals surface area contributed by atoms with Crippen molar-refractivity contribution in [1.29, 1.82) is 5.26 Å². The van der Waals surface area contributed by atoms with Crippen LogP contribution in [0, 0.1) is 17.1 Å². The number of nitriles is 1. The molecule has 3 aromatic carbocycles. The summed E-state index contributed by atoms with van der Waals surface area (Å²) >= 11 is 0. The number of nitrogens with zero attached hydrogens (tertiary/aromatic N) is 1. The molecule has 1 atom stereocenters. The fraction of sp³-hybridized carbons (Fsp3) is 0.0870. The van der Waals surface area contributed by atoms with Crippen molar-refractivity contribution in [3.63, 3.8) is 0 Å². The summed E-state index contributed by atoms with van der Waals surface area (Å²) in [6.45, 7) is 1.60. The number of ether oxygens (including phenoxy) is 1. The molecule has 5 nitrogen and oxygen atoms in total. The van der Waals surface area contributed by atoms with Crippen molar-refractivity contribution in [3.05, 3.63) is 95.3 Å². The van der Waals surface area contributed by atoms with Gasteiger partial charge in [0.05, 0.1) is 11.6 Å². The van der Waals surface area contributed by atoms with Gasteiger partial charge in [-0.25, -0.2) is 4.39 Å². The van der Waals surface area contributed by atoms with Crippen molar-refractivity contribution in [3.8, 4) is 11.8 Å². The van der Waals surface area contributed by atoms with Crippen molar-refractivity contribution >= 4 is 17.4 Å². The first-order chi connectivity index (χ1) is 14.0. The van der Waals surface area contributed by atoms with Crippen LogP contribution >= 0.6 is 0 Å². The Kier molecular flexibility index (Phi) is 6.00. The van der Waals surface area contributed by atoms with Crippen molar-refractivity contribution in [2.45, 2.75) is 13.0 Å². The second kappa shape index (κ2) is 8.81. The molecule has 0 aliphatic carbocycles. The van der Waals surface area contributed by atoms with Gasteiger partial charge in [-0.1, -0.05) is 6.07 Å². The molecule has 0 spiro atoms. The summed E-state index contributed by atoms with van der Waals surface area (Å²) in [4.78, 5) is 24.7. The molecule has 0 heterocycles. The molecule has 0 saturated heterocycles. The average Bonchev–Trinajstić information content (AvgIpc) is 2.74. The normalized spacial score (nSPS) is 11.2. The van der Waals surface area contributed by atoms with Crippen LogP contribution in [-0.2, 0) is 4.79 Å². The van der Waals surface area contributed by atoms with Crippen LogP contribution < -0.4 is 10.1 Å². The van der Waals surface area contributed by atoms with E-state index < -0.39 is 11.9 Å². The summed E-state index contributed by atoms with van der Waals surface area (Å²) in [6.07, 6.45) is -0.792. The number of nitrogens with one attached hydrogen (secondary N) is 1. The second-order valence-corrected chi connectivity index (χ2v) is 6.30. The molecule has 3 rings (SSSR count). The third-order valence-corrected chi connectivity index (χ3v) is 4.16. The van der Waals surface area contributed by atoms with E-state index in [2.05, 4.69) is 5.32 Å². The minimum absolute atomic E-state index is 0.236. The van der Waals surface area contributed by atoms with Crippen LogP contribution in [-0.4, -0.2) is 17.8 Å². The zero-order valence-corrected chi connectivity index (χ0v) is 15.6.